The van der Waals surface area contributed by atoms with Crippen molar-refractivity contribution in [2.75, 3.05) is 0 Å². The fourth-order valence-electron chi connectivity index (χ4n) is 12.6. The van der Waals surface area contributed by atoms with Gasteiger partial charge in [0.05, 0.1) is 113 Å². The van der Waals surface area contributed by atoms with Crippen LogP contribution in [0.3, 0.4) is 0 Å². The van der Waals surface area contributed by atoms with Gasteiger partial charge < -0.3 is 7.43 Å². The molecule has 0 N–H and O–H groups in total. The van der Waals surface area contributed by atoms with Crippen LogP contribution >= 0.6 is 0 Å². The van der Waals surface area contributed by atoms with Crippen molar-refractivity contribution in [2.45, 2.75) is 234 Å². The molecule has 0 amide bonds. The molecule has 17 nitrogen and oxygen atoms in total. The Morgan fingerprint density at radius 3 is 0.568 bits per heavy atom. The predicted molar refractivity (Wildman–Crippen MR) is 624 cm³/mol. The van der Waals surface area contributed by atoms with Crippen LogP contribution in [0, 0.1) is 7.43 Å². The van der Waals surface area contributed by atoms with Crippen molar-refractivity contribution in [2.24, 2.45) is 0 Å². The number of hydrogen-bond donors (Lipinski definition) is 0. The number of fused-ring (bicyclic) bond motifs is 9. The summed E-state index contributed by atoms with van der Waals surface area (Å²) in [5.41, 5.74) is 21.9. The maximum Gasteiger partial charge on any atom is 1.00 e. The molecule has 146 heavy (non-hydrogen) atoms. The number of aromatic nitrogens is 17. The Bertz CT molecular complexity index is 6250. The van der Waals surface area contributed by atoms with Gasteiger partial charge in [0, 0.05) is 158 Å². The van der Waals surface area contributed by atoms with Crippen LogP contribution in [0.15, 0.2) is 372 Å². The fraction of sp³-hybridized carbons (Fsp3) is 0.270. The fourth-order valence-corrected chi connectivity index (χ4v) is 12.6. The molecule has 0 fully saturated rings. The molecule has 0 spiro atoms. The van der Waals surface area contributed by atoms with E-state index in [-0.39, 0.29) is 65.9 Å². The van der Waals surface area contributed by atoms with E-state index in [0.717, 1.165) is 163 Å². The van der Waals surface area contributed by atoms with Gasteiger partial charge in [0.25, 0.3) is 0 Å². The Balaban J connectivity index is -0.000000556. The Labute approximate surface area is 917 Å². The summed E-state index contributed by atoms with van der Waals surface area (Å²) in [5, 5.41) is 6.42. The van der Waals surface area contributed by atoms with Crippen LogP contribution in [-0.4, -0.2) is 84.7 Å². The molecule has 3 aromatic carbocycles. The van der Waals surface area contributed by atoms with Crippen LogP contribution in [0.5, 0.6) is 0 Å². The number of rotatable bonds is 11. The largest absolute Gasteiger partial charge is 1.00 e. The number of pyridine rings is 17. The standard InChI is InChI=1S/C33H22N6.C24H14N4.C21H16N4.C10H8N2.C5H5N.16C2H6.CH3.3Ru/c1-3-14-34-26(7-1)29-19-22(13-17-36-29)18-23-20-30(27-8-2-4-15-35-27)38-31(21-23)28-12-11-25-10-9-24-6-5-16-37-32(24)33(25)39-28;1-3-15-5-7-17-9-11-19(27-23(17)21(15)25-13-1)20-12-10-18-8-6-16-4-2-14-26-22(16)24(18)28-20;1-3-9-22-18(5-1)20-14-16(7-11-24-20)13-17-8-12-25-21(15-17)19-6-2-4-10-23-19;1-3-7-11-9(5-1)10-6-2-4-8-12-10;1-2-4-6-5-3-1;16*1-2;;;;/h1-17,19-21H,18H2;1-14H;1-12,14-15H,13H2;1-8H;1-5H;16*1-2H3;1H3;;;/q;;;;;;;;;;;;;;;;;;;;;-1;;;+1. The minimum Gasteiger partial charge on any atom is -0.358 e. The minimum atomic E-state index is 0. The smallest absolute Gasteiger partial charge is 0.358 e. The first kappa shape index (κ1) is 141. The van der Waals surface area contributed by atoms with Crippen LogP contribution < -0.4 is 0 Å². The average Bonchev–Trinajstić information content (AvgIpc) is 0.768. The van der Waals surface area contributed by atoms with E-state index in [9.17, 15) is 0 Å². The van der Waals surface area contributed by atoms with Gasteiger partial charge in [0.2, 0.25) is 0 Å². The summed E-state index contributed by atoms with van der Waals surface area (Å²) in [6, 6.07) is 94.1. The van der Waals surface area contributed by atoms with E-state index in [2.05, 4.69) is 168 Å². The Hall–Kier alpha value is -13.4. The first-order valence-electron chi connectivity index (χ1n) is 51.6. The zero-order valence-electron chi connectivity index (χ0n) is 93.3. The van der Waals surface area contributed by atoms with Crippen molar-refractivity contribution < 1.29 is 58.4 Å². The van der Waals surface area contributed by atoms with Crippen LogP contribution in [-0.2, 0) is 71.3 Å². The van der Waals surface area contributed by atoms with Gasteiger partial charge in [-0.3, -0.25) is 64.8 Å². The molecule has 20 rings (SSSR count). The van der Waals surface area contributed by atoms with Crippen molar-refractivity contribution in [1.82, 2.24) is 84.7 Å². The third-order valence-electron chi connectivity index (χ3n) is 17.9. The molecule has 17 aromatic heterocycles. The SMILES string of the molecule is CC.CC.CC.CC.CC.CC.CC.CC.CC.CC.CC.CC.CC.CC.CC.CC.[CH3-].[Ru+].[Ru].[Ru].c1ccc(-c2cc(Cc3cc(-c4ccccn4)nc(-c4ccc5ccc6cccnc6c5n4)c3)ccn2)nc1.c1ccc(-c2cc(Cc3ccnc(-c4ccccn4)c3)ccn2)nc1.c1ccc(-c2ccccn2)nc1.c1ccncc1.c1cnc2c(c1)ccc1ccc(-c3ccc4ccc5cccnc5c4n3)nc12. The van der Waals surface area contributed by atoms with Crippen molar-refractivity contribution in [3.8, 4) is 79.7 Å². The van der Waals surface area contributed by atoms with Crippen molar-refractivity contribution in [1.29, 1.82) is 0 Å². The summed E-state index contributed by atoms with van der Waals surface area (Å²) < 4.78 is 0. The molecule has 0 saturated heterocycles. The summed E-state index contributed by atoms with van der Waals surface area (Å²) in [5.74, 6) is 0. The van der Waals surface area contributed by atoms with Gasteiger partial charge in [-0.15, -0.1) is 0 Å². The van der Waals surface area contributed by atoms with E-state index >= 15 is 0 Å². The molecule has 777 valence electrons. The van der Waals surface area contributed by atoms with Crippen molar-refractivity contribution >= 4 is 65.4 Å². The van der Waals surface area contributed by atoms with E-state index in [0.29, 0.717) is 6.42 Å². The molecule has 0 aliphatic heterocycles. The van der Waals surface area contributed by atoms with Crippen molar-refractivity contribution in [3.05, 3.63) is 402 Å². The van der Waals surface area contributed by atoms with E-state index in [1.807, 2.05) is 441 Å². The molecule has 1 radical (unpaired) electrons. The zero-order chi connectivity index (χ0) is 106. The molecule has 0 unspecified atom stereocenters. The van der Waals surface area contributed by atoms with Gasteiger partial charge in [-0.05, 0) is 205 Å². The molecular formula is C126H164N17Ru3. The van der Waals surface area contributed by atoms with E-state index in [4.69, 9.17) is 19.9 Å². The maximum absolute atomic E-state index is 5.05. The first-order chi connectivity index (χ1) is 70.5. The molecular weight excluding hydrogens is 2050 g/mol. The van der Waals surface area contributed by atoms with Crippen molar-refractivity contribution in [3.63, 3.8) is 0 Å². The first-order valence-corrected chi connectivity index (χ1v) is 51.6. The maximum atomic E-state index is 5.05. The molecule has 0 aliphatic carbocycles. The second-order valence-electron chi connectivity index (χ2n) is 25.3. The van der Waals surface area contributed by atoms with Gasteiger partial charge in [-0.1, -0.05) is 337 Å². The Kier molecular flexibility index (Phi) is 88.5. The Morgan fingerprint density at radius 2 is 0.336 bits per heavy atom. The number of benzene rings is 3. The summed E-state index contributed by atoms with van der Waals surface area (Å²) in [7, 11) is 0. The van der Waals surface area contributed by atoms with Crippen LogP contribution in [0.25, 0.3) is 145 Å². The normalized spacial score (nSPS) is 8.79. The molecule has 0 aliphatic rings. The molecule has 0 atom stereocenters. The van der Waals surface area contributed by atoms with Gasteiger partial charge in [0.1, 0.15) is 0 Å². The molecule has 0 bridgehead atoms. The summed E-state index contributed by atoms with van der Waals surface area (Å²) in [4.78, 5) is 76.9. The van der Waals surface area contributed by atoms with Crippen LogP contribution in [0.4, 0.5) is 0 Å². The van der Waals surface area contributed by atoms with Gasteiger partial charge >= 0.3 is 19.5 Å². The van der Waals surface area contributed by atoms with E-state index < -0.39 is 0 Å². The van der Waals surface area contributed by atoms with E-state index in [1.54, 1.807) is 49.6 Å². The molecule has 17 heterocycles. The predicted octanol–water partition coefficient (Wildman–Crippen LogP) is 36.8. The summed E-state index contributed by atoms with van der Waals surface area (Å²) >= 11 is 0. The van der Waals surface area contributed by atoms with E-state index in [1.165, 1.54) is 11.1 Å². The van der Waals surface area contributed by atoms with Crippen LogP contribution in [0.1, 0.15) is 244 Å². The van der Waals surface area contributed by atoms with Crippen LogP contribution in [0.2, 0.25) is 0 Å². The molecule has 20 heteroatoms. The van der Waals surface area contributed by atoms with Gasteiger partial charge in [-0.25, -0.2) is 19.9 Å². The third kappa shape index (κ3) is 46.4. The molecule has 0 saturated carbocycles. The summed E-state index contributed by atoms with van der Waals surface area (Å²) in [6.45, 7) is 64.0. The topological polar surface area (TPSA) is 219 Å². The molecule has 20 aromatic rings. The summed E-state index contributed by atoms with van der Waals surface area (Å²) in [6.07, 6.45) is 26.6. The monoisotopic (exact) mass is 2220 g/mol. The number of nitrogens with zero attached hydrogens (tertiary/aromatic N) is 17. The quantitative estimate of drug-likeness (QED) is 0.0667. The van der Waals surface area contributed by atoms with Gasteiger partial charge in [-0.2, -0.15) is 0 Å². The zero-order valence-corrected chi connectivity index (χ0v) is 98.5. The number of hydrogen-bond acceptors (Lipinski definition) is 17. The third-order valence-corrected chi connectivity index (χ3v) is 17.9. The Morgan fingerprint density at radius 1 is 0.144 bits per heavy atom. The average molecular weight is 2220 g/mol. The van der Waals surface area contributed by atoms with Gasteiger partial charge in [0.15, 0.2) is 0 Å². The second-order valence-corrected chi connectivity index (χ2v) is 25.3. The second kappa shape index (κ2) is 91.6. The minimum absolute atomic E-state index is 0.